The zero-order valence-electron chi connectivity index (χ0n) is 9.69. The topological polar surface area (TPSA) is 61.8 Å². The van der Waals surface area contributed by atoms with E-state index in [0.29, 0.717) is 13.1 Å². The standard InChI is InChI=1S/C11H20N2O3/c1-16-10-7-13(6-9(10)14)11(15)8-4-2-3-5-12-8/h8-10,12,14H,2-7H2,1H3/t8-,9-,10+/m0/s1. The van der Waals surface area contributed by atoms with Gasteiger partial charge < -0.3 is 20.1 Å². The number of likely N-dealkylation sites (tertiary alicyclic amines) is 1. The number of amides is 1. The molecule has 0 aromatic heterocycles. The molecule has 0 aliphatic carbocycles. The van der Waals surface area contributed by atoms with Crippen LogP contribution in [0.4, 0.5) is 0 Å². The maximum atomic E-state index is 12.1. The number of nitrogens with zero attached hydrogens (tertiary/aromatic N) is 1. The van der Waals surface area contributed by atoms with Crippen LogP contribution < -0.4 is 5.32 Å². The molecule has 0 bridgehead atoms. The fourth-order valence-electron chi connectivity index (χ4n) is 2.45. The number of hydrogen-bond acceptors (Lipinski definition) is 4. The fraction of sp³-hybridized carbons (Fsp3) is 0.909. The quantitative estimate of drug-likeness (QED) is 0.659. The molecule has 2 saturated heterocycles. The molecule has 5 heteroatoms. The Hall–Kier alpha value is -0.650. The predicted molar refractivity (Wildman–Crippen MR) is 59.0 cm³/mol. The van der Waals surface area contributed by atoms with Gasteiger partial charge in [0.1, 0.15) is 6.10 Å². The summed E-state index contributed by atoms with van der Waals surface area (Å²) in [5.74, 6) is 0.110. The van der Waals surface area contributed by atoms with E-state index in [0.717, 1.165) is 25.8 Å². The second-order valence-electron chi connectivity index (χ2n) is 4.59. The maximum Gasteiger partial charge on any atom is 0.239 e. The van der Waals surface area contributed by atoms with E-state index in [-0.39, 0.29) is 18.1 Å². The Labute approximate surface area is 95.8 Å². The molecule has 0 unspecified atom stereocenters. The molecule has 2 heterocycles. The molecular weight excluding hydrogens is 208 g/mol. The first kappa shape index (κ1) is 11.8. The lowest BCUT2D eigenvalue weighted by Gasteiger charge is -2.27. The Morgan fingerprint density at radius 3 is 2.81 bits per heavy atom. The van der Waals surface area contributed by atoms with Crippen molar-refractivity contribution >= 4 is 5.91 Å². The Morgan fingerprint density at radius 2 is 2.25 bits per heavy atom. The minimum Gasteiger partial charge on any atom is -0.388 e. The summed E-state index contributed by atoms with van der Waals surface area (Å²) in [5, 5.41) is 12.9. The van der Waals surface area contributed by atoms with Crippen LogP contribution >= 0.6 is 0 Å². The molecule has 5 nitrogen and oxygen atoms in total. The van der Waals surface area contributed by atoms with Crippen molar-refractivity contribution in [2.45, 2.75) is 37.5 Å². The van der Waals surface area contributed by atoms with Gasteiger partial charge in [0, 0.05) is 20.2 Å². The number of aliphatic hydroxyl groups excluding tert-OH is 1. The zero-order valence-corrected chi connectivity index (χ0v) is 9.69. The third kappa shape index (κ3) is 2.36. The van der Waals surface area contributed by atoms with Gasteiger partial charge in [0.25, 0.3) is 0 Å². The fourth-order valence-corrected chi connectivity index (χ4v) is 2.45. The maximum absolute atomic E-state index is 12.1. The summed E-state index contributed by atoms with van der Waals surface area (Å²) in [6.45, 7) is 1.82. The van der Waals surface area contributed by atoms with Crippen LogP contribution in [0.3, 0.4) is 0 Å². The molecule has 0 radical (unpaired) electrons. The summed E-state index contributed by atoms with van der Waals surface area (Å²) >= 11 is 0. The number of rotatable bonds is 2. The van der Waals surface area contributed by atoms with E-state index in [4.69, 9.17) is 4.74 Å². The summed E-state index contributed by atoms with van der Waals surface area (Å²) in [7, 11) is 1.57. The van der Waals surface area contributed by atoms with Crippen molar-refractivity contribution in [1.82, 2.24) is 10.2 Å². The van der Waals surface area contributed by atoms with E-state index < -0.39 is 6.10 Å². The van der Waals surface area contributed by atoms with Crippen LogP contribution in [0, 0.1) is 0 Å². The molecule has 2 rings (SSSR count). The van der Waals surface area contributed by atoms with Gasteiger partial charge in [-0.1, -0.05) is 6.42 Å². The van der Waals surface area contributed by atoms with Gasteiger partial charge in [0.05, 0.1) is 12.1 Å². The molecule has 2 N–H and O–H groups in total. The molecule has 16 heavy (non-hydrogen) atoms. The van der Waals surface area contributed by atoms with Gasteiger partial charge in [-0.15, -0.1) is 0 Å². The zero-order chi connectivity index (χ0) is 11.5. The minimum absolute atomic E-state index is 0.0587. The number of β-amino-alcohol motifs (C(OH)–C–C–N with tert-alkyl or cyclic N) is 1. The Bertz CT molecular complexity index is 254. The Morgan fingerprint density at radius 1 is 1.44 bits per heavy atom. The number of ether oxygens (including phenoxy) is 1. The van der Waals surface area contributed by atoms with Gasteiger partial charge in [-0.3, -0.25) is 4.79 Å². The first-order chi connectivity index (χ1) is 7.72. The smallest absolute Gasteiger partial charge is 0.239 e. The van der Waals surface area contributed by atoms with Crippen LogP contribution in [-0.2, 0) is 9.53 Å². The third-order valence-electron chi connectivity index (χ3n) is 3.46. The number of carbonyl (C=O) groups excluding carboxylic acids is 1. The SMILES string of the molecule is CO[C@@H]1CN(C(=O)[C@@H]2CCCCN2)C[C@@H]1O. The van der Waals surface area contributed by atoms with Gasteiger partial charge in [0.15, 0.2) is 0 Å². The minimum atomic E-state index is -0.544. The highest BCUT2D eigenvalue weighted by atomic mass is 16.5. The predicted octanol–water partition coefficient (Wildman–Crippen LogP) is -0.653. The number of hydrogen-bond donors (Lipinski definition) is 2. The summed E-state index contributed by atoms with van der Waals surface area (Å²) in [5.41, 5.74) is 0. The van der Waals surface area contributed by atoms with Crippen LogP contribution in [-0.4, -0.2) is 60.9 Å². The van der Waals surface area contributed by atoms with Gasteiger partial charge in [-0.05, 0) is 19.4 Å². The monoisotopic (exact) mass is 228 g/mol. The van der Waals surface area contributed by atoms with Gasteiger partial charge in [0.2, 0.25) is 5.91 Å². The van der Waals surface area contributed by atoms with Crippen molar-refractivity contribution < 1.29 is 14.6 Å². The van der Waals surface area contributed by atoms with Gasteiger partial charge in [-0.25, -0.2) is 0 Å². The summed E-state index contributed by atoms with van der Waals surface area (Å²) < 4.78 is 5.13. The molecule has 3 atom stereocenters. The lowest BCUT2D eigenvalue weighted by molar-refractivity contribution is -0.133. The molecule has 0 aromatic rings. The van der Waals surface area contributed by atoms with Gasteiger partial charge >= 0.3 is 0 Å². The summed E-state index contributed by atoms with van der Waals surface area (Å²) in [6.07, 6.45) is 2.38. The second kappa shape index (κ2) is 5.12. The molecular formula is C11H20N2O3. The molecule has 0 aromatic carbocycles. The molecule has 0 saturated carbocycles. The summed E-state index contributed by atoms with van der Waals surface area (Å²) in [6, 6.07) is -0.0587. The molecule has 0 spiro atoms. The van der Waals surface area contributed by atoms with Gasteiger partial charge in [-0.2, -0.15) is 0 Å². The average molecular weight is 228 g/mol. The highest BCUT2D eigenvalue weighted by Crippen LogP contribution is 2.17. The first-order valence-corrected chi connectivity index (χ1v) is 5.95. The normalized spacial score (nSPS) is 35.4. The molecule has 2 aliphatic rings. The van der Waals surface area contributed by atoms with Crippen LogP contribution in [0.15, 0.2) is 0 Å². The number of carbonyl (C=O) groups is 1. The van der Waals surface area contributed by atoms with Crippen molar-refractivity contribution in [2.75, 3.05) is 26.7 Å². The van der Waals surface area contributed by atoms with E-state index >= 15 is 0 Å². The van der Waals surface area contributed by atoms with Crippen LogP contribution in [0.1, 0.15) is 19.3 Å². The highest BCUT2D eigenvalue weighted by Gasteiger charge is 2.36. The van der Waals surface area contributed by atoms with Crippen molar-refractivity contribution in [1.29, 1.82) is 0 Å². The van der Waals surface area contributed by atoms with Crippen LogP contribution in [0.25, 0.3) is 0 Å². The number of nitrogens with one attached hydrogen (secondary N) is 1. The van der Waals surface area contributed by atoms with E-state index in [1.165, 1.54) is 0 Å². The first-order valence-electron chi connectivity index (χ1n) is 5.95. The van der Waals surface area contributed by atoms with Crippen LogP contribution in [0.5, 0.6) is 0 Å². The molecule has 2 aliphatic heterocycles. The molecule has 2 fully saturated rings. The molecule has 1 amide bonds. The lowest BCUT2D eigenvalue weighted by atomic mass is 10.0. The van der Waals surface area contributed by atoms with Crippen LogP contribution in [0.2, 0.25) is 0 Å². The van der Waals surface area contributed by atoms with Crippen molar-refractivity contribution in [3.8, 4) is 0 Å². The Kier molecular flexibility index (Phi) is 3.78. The van der Waals surface area contributed by atoms with Crippen molar-refractivity contribution in [3.05, 3.63) is 0 Å². The second-order valence-corrected chi connectivity index (χ2v) is 4.59. The van der Waals surface area contributed by atoms with E-state index in [2.05, 4.69) is 5.32 Å². The third-order valence-corrected chi connectivity index (χ3v) is 3.46. The lowest BCUT2D eigenvalue weighted by Crippen LogP contribution is -2.48. The summed E-state index contributed by atoms with van der Waals surface area (Å²) in [4.78, 5) is 13.8. The van der Waals surface area contributed by atoms with E-state index in [1.54, 1.807) is 12.0 Å². The van der Waals surface area contributed by atoms with Crippen molar-refractivity contribution in [3.63, 3.8) is 0 Å². The highest BCUT2D eigenvalue weighted by molar-refractivity contribution is 5.82. The Balaban J connectivity index is 1.90. The molecule has 92 valence electrons. The number of aliphatic hydroxyl groups is 1. The average Bonchev–Trinajstić information content (AvgIpc) is 2.71. The number of methoxy groups -OCH3 is 1. The largest absolute Gasteiger partial charge is 0.388 e. The van der Waals surface area contributed by atoms with E-state index in [1.807, 2.05) is 0 Å². The number of piperidine rings is 1. The van der Waals surface area contributed by atoms with Crippen molar-refractivity contribution in [2.24, 2.45) is 0 Å². The van der Waals surface area contributed by atoms with E-state index in [9.17, 15) is 9.90 Å².